The molecule has 0 aliphatic carbocycles. The first kappa shape index (κ1) is 26.0. The standard InChI is InChI=1S/C25H35N3O5S/c1-3-4-17-34(30,31)27-24(18-25(29)32-2)21-5-7-23(8-6-21)33-19-20-11-15-28(16-12-20)22-9-13-26-14-10-22/h5-10,13-14,20,24,27H,3-4,11-12,15-19H2,1-2H3. The smallest absolute Gasteiger partial charge is 0.307 e. The Hall–Kier alpha value is -2.65. The van der Waals surface area contributed by atoms with Gasteiger partial charge in [0.1, 0.15) is 5.75 Å². The van der Waals surface area contributed by atoms with E-state index in [-0.39, 0.29) is 12.2 Å². The Morgan fingerprint density at radius 3 is 2.44 bits per heavy atom. The summed E-state index contributed by atoms with van der Waals surface area (Å²) >= 11 is 0. The van der Waals surface area contributed by atoms with Crippen LogP contribution in [0.15, 0.2) is 48.8 Å². The van der Waals surface area contributed by atoms with Crippen molar-refractivity contribution in [3.63, 3.8) is 0 Å². The van der Waals surface area contributed by atoms with Crippen molar-refractivity contribution >= 4 is 21.7 Å². The normalized spacial score (nSPS) is 15.6. The van der Waals surface area contributed by atoms with Crippen molar-refractivity contribution in [2.75, 3.05) is 37.5 Å². The zero-order valence-corrected chi connectivity index (χ0v) is 20.8. The number of hydrogen-bond donors (Lipinski definition) is 1. The Morgan fingerprint density at radius 1 is 1.15 bits per heavy atom. The van der Waals surface area contributed by atoms with Crippen LogP contribution in [-0.2, 0) is 19.6 Å². The molecule has 1 unspecified atom stereocenters. The number of ether oxygens (including phenoxy) is 2. The number of anilines is 1. The van der Waals surface area contributed by atoms with Gasteiger partial charge in [0.2, 0.25) is 10.0 Å². The molecule has 34 heavy (non-hydrogen) atoms. The fourth-order valence-electron chi connectivity index (χ4n) is 4.01. The van der Waals surface area contributed by atoms with E-state index in [0.29, 0.717) is 24.5 Å². The fraction of sp³-hybridized carbons (Fsp3) is 0.520. The summed E-state index contributed by atoms with van der Waals surface area (Å²) in [6.07, 6.45) is 7.02. The quantitative estimate of drug-likeness (QED) is 0.454. The summed E-state index contributed by atoms with van der Waals surface area (Å²) in [7, 11) is -2.21. The Morgan fingerprint density at radius 2 is 1.82 bits per heavy atom. The summed E-state index contributed by atoms with van der Waals surface area (Å²) in [5.74, 6) is 0.769. The molecule has 0 saturated carbocycles. The predicted molar refractivity (Wildman–Crippen MR) is 132 cm³/mol. The lowest BCUT2D eigenvalue weighted by molar-refractivity contribution is -0.141. The van der Waals surface area contributed by atoms with E-state index in [9.17, 15) is 13.2 Å². The van der Waals surface area contributed by atoms with Crippen molar-refractivity contribution in [1.82, 2.24) is 9.71 Å². The van der Waals surface area contributed by atoms with Crippen molar-refractivity contribution in [2.45, 2.75) is 45.1 Å². The average molecular weight is 490 g/mol. The second-order valence-electron chi connectivity index (χ2n) is 8.64. The Labute approximate surface area is 202 Å². The average Bonchev–Trinajstić information content (AvgIpc) is 2.87. The zero-order chi connectivity index (χ0) is 24.4. The molecule has 1 saturated heterocycles. The first-order valence-corrected chi connectivity index (χ1v) is 13.5. The number of sulfonamides is 1. The number of carbonyl (C=O) groups excluding carboxylic acids is 1. The number of unbranched alkanes of at least 4 members (excludes halogenated alkanes) is 1. The molecule has 1 N–H and O–H groups in total. The van der Waals surface area contributed by atoms with E-state index in [0.717, 1.165) is 38.1 Å². The molecule has 2 heterocycles. The van der Waals surface area contributed by atoms with Gasteiger partial charge in [-0.15, -0.1) is 0 Å². The molecule has 2 aromatic rings. The van der Waals surface area contributed by atoms with Gasteiger partial charge in [0.15, 0.2) is 0 Å². The van der Waals surface area contributed by atoms with E-state index in [1.54, 1.807) is 12.1 Å². The maximum Gasteiger partial charge on any atom is 0.307 e. The second kappa shape index (κ2) is 12.7. The highest BCUT2D eigenvalue weighted by Gasteiger charge is 2.23. The van der Waals surface area contributed by atoms with Crippen LogP contribution in [0.2, 0.25) is 0 Å². The van der Waals surface area contributed by atoms with Crippen LogP contribution in [0.4, 0.5) is 5.69 Å². The van der Waals surface area contributed by atoms with Gasteiger partial charge < -0.3 is 14.4 Å². The van der Waals surface area contributed by atoms with Crippen LogP contribution in [-0.4, -0.2) is 51.9 Å². The fourth-order valence-corrected chi connectivity index (χ4v) is 5.45. The maximum atomic E-state index is 12.4. The lowest BCUT2D eigenvalue weighted by Gasteiger charge is -2.33. The van der Waals surface area contributed by atoms with Crippen molar-refractivity contribution in [2.24, 2.45) is 5.92 Å². The first-order chi connectivity index (χ1) is 16.4. The van der Waals surface area contributed by atoms with Crippen molar-refractivity contribution in [1.29, 1.82) is 0 Å². The maximum absolute atomic E-state index is 12.4. The molecule has 8 nitrogen and oxygen atoms in total. The van der Waals surface area contributed by atoms with Crippen LogP contribution in [0, 0.1) is 5.92 Å². The van der Waals surface area contributed by atoms with Gasteiger partial charge in [0.25, 0.3) is 0 Å². The van der Waals surface area contributed by atoms with E-state index in [1.165, 1.54) is 12.8 Å². The molecule has 1 aliphatic rings. The molecular weight excluding hydrogens is 454 g/mol. The van der Waals surface area contributed by atoms with Crippen molar-refractivity contribution in [3.05, 3.63) is 54.4 Å². The van der Waals surface area contributed by atoms with Crippen LogP contribution < -0.4 is 14.4 Å². The highest BCUT2D eigenvalue weighted by molar-refractivity contribution is 7.89. The third-order valence-electron chi connectivity index (χ3n) is 6.10. The Balaban J connectivity index is 1.54. The number of piperidine rings is 1. The summed E-state index contributed by atoms with van der Waals surface area (Å²) in [6, 6.07) is 10.7. The molecule has 1 aromatic carbocycles. The number of aromatic nitrogens is 1. The number of nitrogens with one attached hydrogen (secondary N) is 1. The minimum atomic E-state index is -3.50. The van der Waals surface area contributed by atoms with E-state index in [1.807, 2.05) is 43.6 Å². The van der Waals surface area contributed by atoms with Gasteiger partial charge in [-0.1, -0.05) is 25.5 Å². The first-order valence-electron chi connectivity index (χ1n) is 11.8. The molecule has 1 aliphatic heterocycles. The van der Waals surface area contributed by atoms with E-state index in [4.69, 9.17) is 9.47 Å². The Bertz CT molecular complexity index is 991. The molecule has 0 amide bonds. The van der Waals surface area contributed by atoms with Crippen LogP contribution in [0.5, 0.6) is 5.75 Å². The molecule has 1 aromatic heterocycles. The summed E-state index contributed by atoms with van der Waals surface area (Å²) in [5, 5.41) is 0. The van der Waals surface area contributed by atoms with Gasteiger partial charge in [-0.3, -0.25) is 9.78 Å². The number of carbonyl (C=O) groups is 1. The van der Waals surface area contributed by atoms with Gasteiger partial charge in [-0.2, -0.15) is 0 Å². The summed E-state index contributed by atoms with van der Waals surface area (Å²) in [6.45, 7) is 4.55. The predicted octanol–water partition coefficient (Wildman–Crippen LogP) is 3.70. The number of hydrogen-bond acceptors (Lipinski definition) is 7. The molecule has 3 rings (SSSR count). The number of nitrogens with zero attached hydrogens (tertiary/aromatic N) is 2. The summed E-state index contributed by atoms with van der Waals surface area (Å²) < 4.78 is 38.2. The van der Waals surface area contributed by atoms with Crippen LogP contribution in [0.1, 0.15) is 50.6 Å². The van der Waals surface area contributed by atoms with Crippen LogP contribution in [0.3, 0.4) is 0 Å². The van der Waals surface area contributed by atoms with Gasteiger partial charge in [0.05, 0.1) is 31.9 Å². The third-order valence-corrected chi connectivity index (χ3v) is 7.57. The van der Waals surface area contributed by atoms with Gasteiger partial charge in [-0.05, 0) is 55.0 Å². The molecule has 0 radical (unpaired) electrons. The number of esters is 1. The monoisotopic (exact) mass is 489 g/mol. The molecule has 1 fully saturated rings. The van der Waals surface area contributed by atoms with Crippen molar-refractivity contribution in [3.8, 4) is 5.75 Å². The largest absolute Gasteiger partial charge is 0.493 e. The molecule has 9 heteroatoms. The second-order valence-corrected chi connectivity index (χ2v) is 10.5. The Kier molecular flexibility index (Phi) is 9.71. The van der Waals surface area contributed by atoms with E-state index < -0.39 is 22.0 Å². The minimum absolute atomic E-state index is 0.0301. The van der Waals surface area contributed by atoms with Crippen LogP contribution >= 0.6 is 0 Å². The van der Waals surface area contributed by atoms with Crippen molar-refractivity contribution < 1.29 is 22.7 Å². The SMILES string of the molecule is CCCCS(=O)(=O)NC(CC(=O)OC)c1ccc(OCC2CCN(c3ccncc3)CC2)cc1. The number of methoxy groups -OCH3 is 1. The lowest BCUT2D eigenvalue weighted by atomic mass is 9.97. The molecule has 1 atom stereocenters. The summed E-state index contributed by atoms with van der Waals surface area (Å²) in [5.41, 5.74) is 1.90. The summed E-state index contributed by atoms with van der Waals surface area (Å²) in [4.78, 5) is 18.3. The molecule has 0 bridgehead atoms. The lowest BCUT2D eigenvalue weighted by Crippen LogP contribution is -2.35. The van der Waals surface area contributed by atoms with Crippen LogP contribution in [0.25, 0.3) is 0 Å². The van der Waals surface area contributed by atoms with Gasteiger partial charge in [-0.25, -0.2) is 13.1 Å². The number of rotatable bonds is 12. The zero-order valence-electron chi connectivity index (χ0n) is 20.0. The third kappa shape index (κ3) is 7.99. The molecule has 186 valence electrons. The number of benzene rings is 1. The highest BCUT2D eigenvalue weighted by atomic mass is 32.2. The molecular formula is C25H35N3O5S. The number of pyridine rings is 1. The molecule has 0 spiro atoms. The van der Waals surface area contributed by atoms with Gasteiger partial charge in [0, 0.05) is 31.2 Å². The topological polar surface area (TPSA) is 97.8 Å². The van der Waals surface area contributed by atoms with Gasteiger partial charge >= 0.3 is 5.97 Å². The van der Waals surface area contributed by atoms with E-state index >= 15 is 0 Å². The van der Waals surface area contributed by atoms with E-state index in [2.05, 4.69) is 14.6 Å². The minimum Gasteiger partial charge on any atom is -0.493 e. The highest BCUT2D eigenvalue weighted by Crippen LogP contribution is 2.25.